The Bertz CT molecular complexity index is 621. The van der Waals surface area contributed by atoms with Gasteiger partial charge in [0.05, 0.1) is 17.9 Å². The zero-order valence-electron chi connectivity index (χ0n) is 15.6. The number of aliphatic hydroxyl groups excluding tert-OH is 1. The Kier molecular flexibility index (Phi) is 4.11. The second-order valence-corrected chi connectivity index (χ2v) is 8.46. The van der Waals surface area contributed by atoms with Crippen LogP contribution in [0.4, 0.5) is 5.82 Å². The lowest BCUT2D eigenvalue weighted by Gasteiger charge is -2.39. The number of hydrogen-bond acceptors (Lipinski definition) is 6. The number of fused-ring (bicyclic) bond motifs is 1. The van der Waals surface area contributed by atoms with Crippen LogP contribution < -0.4 is 10.4 Å². The molecular formula is C18H28BN3O3. The molecule has 1 N–H and O–H groups in total. The predicted molar refractivity (Wildman–Crippen MR) is 97.7 cm³/mol. The first kappa shape index (κ1) is 17.3. The Morgan fingerprint density at radius 1 is 1.12 bits per heavy atom. The molecule has 0 bridgehead atoms. The minimum atomic E-state index is -0.377. The van der Waals surface area contributed by atoms with Crippen molar-refractivity contribution in [2.75, 3.05) is 18.1 Å². The van der Waals surface area contributed by atoms with Crippen molar-refractivity contribution < 1.29 is 14.4 Å². The number of nitrogens with zero attached hydrogens (tertiary/aromatic N) is 3. The third-order valence-corrected chi connectivity index (χ3v) is 6.30. The molecule has 0 saturated carbocycles. The SMILES string of the molecule is CC1(C)OB(c2ccc(N3CC[C@@H]4CC[C@@H](O)N4C3)nc2)OC1(C)C. The summed E-state index contributed by atoms with van der Waals surface area (Å²) in [4.78, 5) is 9.06. The maximum Gasteiger partial charge on any atom is 0.496 e. The first-order valence-corrected chi connectivity index (χ1v) is 9.27. The fourth-order valence-corrected chi connectivity index (χ4v) is 3.90. The van der Waals surface area contributed by atoms with E-state index in [1.54, 1.807) is 0 Å². The summed E-state index contributed by atoms with van der Waals surface area (Å²) in [7, 11) is -0.377. The van der Waals surface area contributed by atoms with Gasteiger partial charge in [0.15, 0.2) is 0 Å². The molecule has 136 valence electrons. The van der Waals surface area contributed by atoms with Crippen LogP contribution in [0.1, 0.15) is 47.0 Å². The van der Waals surface area contributed by atoms with Crippen molar-refractivity contribution in [3.63, 3.8) is 0 Å². The molecule has 6 nitrogen and oxygen atoms in total. The Morgan fingerprint density at radius 3 is 2.48 bits per heavy atom. The van der Waals surface area contributed by atoms with Gasteiger partial charge in [0.25, 0.3) is 0 Å². The van der Waals surface area contributed by atoms with Crippen molar-refractivity contribution in [2.45, 2.75) is 70.4 Å². The van der Waals surface area contributed by atoms with Crippen molar-refractivity contribution in [3.8, 4) is 0 Å². The van der Waals surface area contributed by atoms with E-state index in [9.17, 15) is 5.11 Å². The molecule has 3 aliphatic rings. The fourth-order valence-electron chi connectivity index (χ4n) is 3.90. The fraction of sp³-hybridized carbons (Fsp3) is 0.722. The molecule has 0 aromatic carbocycles. The van der Waals surface area contributed by atoms with Gasteiger partial charge in [-0.15, -0.1) is 0 Å². The highest BCUT2D eigenvalue weighted by Gasteiger charge is 2.51. The van der Waals surface area contributed by atoms with Crippen LogP contribution in [-0.4, -0.2) is 58.8 Å². The van der Waals surface area contributed by atoms with Crippen molar-refractivity contribution in [1.82, 2.24) is 9.88 Å². The van der Waals surface area contributed by atoms with Gasteiger partial charge in [-0.3, -0.25) is 4.90 Å². The third kappa shape index (κ3) is 2.97. The zero-order chi connectivity index (χ0) is 17.8. The zero-order valence-corrected chi connectivity index (χ0v) is 15.6. The van der Waals surface area contributed by atoms with Gasteiger partial charge in [-0.2, -0.15) is 0 Å². The highest BCUT2D eigenvalue weighted by Crippen LogP contribution is 2.36. The van der Waals surface area contributed by atoms with Gasteiger partial charge < -0.3 is 19.3 Å². The second-order valence-electron chi connectivity index (χ2n) is 8.46. The number of rotatable bonds is 2. The van der Waals surface area contributed by atoms with E-state index in [1.807, 2.05) is 18.3 Å². The smallest absolute Gasteiger partial charge is 0.399 e. The van der Waals surface area contributed by atoms with Crippen molar-refractivity contribution >= 4 is 18.4 Å². The van der Waals surface area contributed by atoms with Gasteiger partial charge >= 0.3 is 7.12 Å². The van der Waals surface area contributed by atoms with Crippen molar-refractivity contribution in [3.05, 3.63) is 18.3 Å². The van der Waals surface area contributed by atoms with Crippen molar-refractivity contribution in [2.24, 2.45) is 0 Å². The van der Waals surface area contributed by atoms with Crippen LogP contribution in [-0.2, 0) is 9.31 Å². The Morgan fingerprint density at radius 2 is 1.84 bits per heavy atom. The highest BCUT2D eigenvalue weighted by molar-refractivity contribution is 6.62. The first-order valence-electron chi connectivity index (χ1n) is 9.27. The van der Waals surface area contributed by atoms with Gasteiger partial charge in [0, 0.05) is 24.2 Å². The molecule has 0 radical (unpaired) electrons. The average molecular weight is 345 g/mol. The summed E-state index contributed by atoms with van der Waals surface area (Å²) in [6.45, 7) is 9.95. The molecule has 2 atom stereocenters. The van der Waals surface area contributed by atoms with Gasteiger partial charge in [0.1, 0.15) is 12.0 Å². The van der Waals surface area contributed by atoms with Crippen LogP contribution in [0.15, 0.2) is 18.3 Å². The maximum atomic E-state index is 10.1. The van der Waals surface area contributed by atoms with E-state index in [4.69, 9.17) is 9.31 Å². The monoisotopic (exact) mass is 345 g/mol. The molecule has 1 aromatic rings. The molecule has 4 heterocycles. The minimum Gasteiger partial charge on any atom is -0.399 e. The van der Waals surface area contributed by atoms with E-state index in [2.05, 4.69) is 42.5 Å². The van der Waals surface area contributed by atoms with Gasteiger partial charge in [-0.05, 0) is 53.0 Å². The first-order chi connectivity index (χ1) is 11.8. The highest BCUT2D eigenvalue weighted by atomic mass is 16.7. The van der Waals surface area contributed by atoms with E-state index in [-0.39, 0.29) is 24.5 Å². The van der Waals surface area contributed by atoms with Crippen LogP contribution in [0.5, 0.6) is 0 Å². The summed E-state index contributed by atoms with van der Waals surface area (Å²) >= 11 is 0. The third-order valence-electron chi connectivity index (χ3n) is 6.30. The molecule has 0 unspecified atom stereocenters. The largest absolute Gasteiger partial charge is 0.496 e. The van der Waals surface area contributed by atoms with Crippen LogP contribution in [0.3, 0.4) is 0 Å². The van der Waals surface area contributed by atoms with Crippen LogP contribution in [0.2, 0.25) is 0 Å². The molecule has 0 amide bonds. The van der Waals surface area contributed by atoms with E-state index in [0.717, 1.165) is 43.8 Å². The molecule has 3 saturated heterocycles. The van der Waals surface area contributed by atoms with E-state index < -0.39 is 0 Å². The lowest BCUT2D eigenvalue weighted by atomic mass is 9.80. The summed E-state index contributed by atoms with van der Waals surface area (Å²) < 4.78 is 12.2. The lowest BCUT2D eigenvalue weighted by Crippen LogP contribution is -2.51. The van der Waals surface area contributed by atoms with Crippen LogP contribution in [0.25, 0.3) is 0 Å². The number of anilines is 1. The van der Waals surface area contributed by atoms with Crippen molar-refractivity contribution in [1.29, 1.82) is 0 Å². The Balaban J connectivity index is 1.46. The van der Waals surface area contributed by atoms with Gasteiger partial charge in [-0.1, -0.05) is 6.07 Å². The number of hydrogen-bond donors (Lipinski definition) is 1. The summed E-state index contributed by atoms with van der Waals surface area (Å²) in [5.74, 6) is 0.942. The molecule has 3 fully saturated rings. The van der Waals surface area contributed by atoms with E-state index >= 15 is 0 Å². The quantitative estimate of drug-likeness (QED) is 0.817. The van der Waals surface area contributed by atoms with Gasteiger partial charge in [0.2, 0.25) is 0 Å². The second kappa shape index (κ2) is 5.94. The number of aromatic nitrogens is 1. The molecule has 0 spiro atoms. The molecule has 3 aliphatic heterocycles. The normalized spacial score (nSPS) is 31.4. The predicted octanol–water partition coefficient (Wildman–Crippen LogP) is 1.33. The lowest BCUT2D eigenvalue weighted by molar-refractivity contribution is 0.00578. The van der Waals surface area contributed by atoms with Gasteiger partial charge in [-0.25, -0.2) is 4.98 Å². The summed E-state index contributed by atoms with van der Waals surface area (Å²) in [5.41, 5.74) is 0.257. The van der Waals surface area contributed by atoms with Crippen LogP contribution >= 0.6 is 0 Å². The summed E-state index contributed by atoms with van der Waals surface area (Å²) in [6.07, 6.45) is 4.61. The van der Waals surface area contributed by atoms with E-state index in [1.165, 1.54) is 0 Å². The van der Waals surface area contributed by atoms with Crippen LogP contribution in [0, 0.1) is 0 Å². The Labute approximate surface area is 150 Å². The average Bonchev–Trinajstić information content (AvgIpc) is 3.04. The Hall–Kier alpha value is -1.15. The topological polar surface area (TPSA) is 58.1 Å². The van der Waals surface area contributed by atoms with E-state index in [0.29, 0.717) is 6.04 Å². The minimum absolute atomic E-state index is 0.308. The maximum absolute atomic E-state index is 10.1. The molecule has 4 rings (SSSR count). The molecule has 25 heavy (non-hydrogen) atoms. The number of pyridine rings is 1. The summed E-state index contributed by atoms with van der Waals surface area (Å²) in [5, 5.41) is 10.1. The molecule has 0 aliphatic carbocycles. The molecule has 7 heteroatoms. The molecule has 1 aromatic heterocycles. The number of aliphatic hydroxyl groups is 1. The summed E-state index contributed by atoms with van der Waals surface area (Å²) in [6, 6.07) is 4.59. The molecular weight excluding hydrogens is 317 g/mol. The standard InChI is InChI=1S/C18H28BN3O3/c1-17(2)18(3,4)25-19(24-17)13-5-7-15(20-11-13)21-10-9-14-6-8-16(23)22(14)12-21/h5,7,11,14,16,23H,6,8-10,12H2,1-4H3/t14-,16+/m0/s1.